The molecule has 0 aromatic heterocycles. The SMILES string of the molecule is COc1cc(N)ccc1N1CCC(NC(C(C)C)C(C)O)CC1. The molecule has 1 fully saturated rings. The van der Waals surface area contributed by atoms with Crippen LogP contribution in [-0.4, -0.2) is 43.5 Å². The Labute approximate surface area is 139 Å². The number of benzene rings is 1. The van der Waals surface area contributed by atoms with Crippen molar-refractivity contribution in [3.8, 4) is 5.75 Å². The zero-order valence-electron chi connectivity index (χ0n) is 14.7. The van der Waals surface area contributed by atoms with Gasteiger partial charge in [-0.25, -0.2) is 0 Å². The molecule has 4 N–H and O–H groups in total. The van der Waals surface area contributed by atoms with Gasteiger partial charge in [0.05, 0.1) is 18.9 Å². The van der Waals surface area contributed by atoms with Gasteiger partial charge in [0.15, 0.2) is 0 Å². The normalized spacial score (nSPS) is 19.0. The van der Waals surface area contributed by atoms with Crippen molar-refractivity contribution in [3.63, 3.8) is 0 Å². The molecule has 0 aliphatic carbocycles. The molecular weight excluding hydrogens is 290 g/mol. The van der Waals surface area contributed by atoms with Crippen molar-refractivity contribution in [2.24, 2.45) is 5.92 Å². The van der Waals surface area contributed by atoms with Crippen LogP contribution < -0.4 is 20.7 Å². The number of piperidine rings is 1. The summed E-state index contributed by atoms with van der Waals surface area (Å²) in [5, 5.41) is 13.6. The van der Waals surface area contributed by atoms with Crippen LogP contribution in [0.25, 0.3) is 0 Å². The van der Waals surface area contributed by atoms with E-state index in [0.717, 1.165) is 43.1 Å². The van der Waals surface area contributed by atoms with E-state index in [4.69, 9.17) is 10.5 Å². The zero-order chi connectivity index (χ0) is 17.0. The highest BCUT2D eigenvalue weighted by atomic mass is 16.5. The minimum atomic E-state index is -0.328. The van der Waals surface area contributed by atoms with E-state index in [0.29, 0.717) is 12.0 Å². The van der Waals surface area contributed by atoms with Crippen molar-refractivity contribution in [1.29, 1.82) is 0 Å². The van der Waals surface area contributed by atoms with Gasteiger partial charge in [0.1, 0.15) is 5.75 Å². The fourth-order valence-electron chi connectivity index (χ4n) is 3.40. The lowest BCUT2D eigenvalue weighted by Crippen LogP contribution is -2.51. The number of aliphatic hydroxyl groups is 1. The predicted octanol–water partition coefficient (Wildman–Crippen LogP) is 2.24. The summed E-state index contributed by atoms with van der Waals surface area (Å²) in [6.07, 6.45) is 1.79. The first-order chi connectivity index (χ1) is 10.9. The maximum absolute atomic E-state index is 9.94. The van der Waals surface area contributed by atoms with Gasteiger partial charge in [-0.15, -0.1) is 0 Å². The Balaban J connectivity index is 1.96. The van der Waals surface area contributed by atoms with Crippen molar-refractivity contribution < 1.29 is 9.84 Å². The molecule has 5 nitrogen and oxygen atoms in total. The molecule has 5 heteroatoms. The van der Waals surface area contributed by atoms with Gasteiger partial charge < -0.3 is 25.8 Å². The van der Waals surface area contributed by atoms with Gasteiger partial charge in [-0.3, -0.25) is 0 Å². The third-order valence-electron chi connectivity index (χ3n) is 4.71. The largest absolute Gasteiger partial charge is 0.495 e. The minimum absolute atomic E-state index is 0.151. The number of anilines is 2. The molecule has 1 saturated heterocycles. The van der Waals surface area contributed by atoms with Crippen LogP contribution in [0.3, 0.4) is 0 Å². The second kappa shape index (κ2) is 7.88. The van der Waals surface area contributed by atoms with E-state index < -0.39 is 0 Å². The zero-order valence-corrected chi connectivity index (χ0v) is 14.7. The van der Waals surface area contributed by atoms with E-state index in [9.17, 15) is 5.11 Å². The lowest BCUT2D eigenvalue weighted by Gasteiger charge is -2.38. The van der Waals surface area contributed by atoms with Gasteiger partial charge in [0, 0.05) is 36.9 Å². The molecular formula is C18H31N3O2. The summed E-state index contributed by atoms with van der Waals surface area (Å²) in [4.78, 5) is 2.35. The van der Waals surface area contributed by atoms with E-state index in [2.05, 4.69) is 24.1 Å². The van der Waals surface area contributed by atoms with Crippen LogP contribution in [0.1, 0.15) is 33.6 Å². The summed E-state index contributed by atoms with van der Waals surface area (Å²) in [6, 6.07) is 6.44. The van der Waals surface area contributed by atoms with Crippen LogP contribution >= 0.6 is 0 Å². The lowest BCUT2D eigenvalue weighted by molar-refractivity contribution is 0.110. The van der Waals surface area contributed by atoms with Gasteiger partial charge in [-0.05, 0) is 37.8 Å². The molecule has 0 amide bonds. The Hall–Kier alpha value is -1.46. The smallest absolute Gasteiger partial charge is 0.144 e. The number of aliphatic hydroxyl groups excluding tert-OH is 1. The Morgan fingerprint density at radius 1 is 1.26 bits per heavy atom. The van der Waals surface area contributed by atoms with E-state index in [1.165, 1.54) is 0 Å². The highest BCUT2D eigenvalue weighted by molar-refractivity contribution is 5.64. The summed E-state index contributed by atoms with van der Waals surface area (Å²) >= 11 is 0. The maximum atomic E-state index is 9.94. The monoisotopic (exact) mass is 321 g/mol. The number of rotatable bonds is 6. The summed E-state index contributed by atoms with van der Waals surface area (Å²) in [5.41, 5.74) is 7.66. The second-order valence-electron chi connectivity index (χ2n) is 6.87. The number of hydrogen-bond acceptors (Lipinski definition) is 5. The van der Waals surface area contributed by atoms with Crippen LogP contribution in [0.2, 0.25) is 0 Å². The quantitative estimate of drug-likeness (QED) is 0.701. The van der Waals surface area contributed by atoms with Crippen LogP contribution in [0.15, 0.2) is 18.2 Å². The molecule has 1 aromatic rings. The Morgan fingerprint density at radius 2 is 1.91 bits per heavy atom. The van der Waals surface area contributed by atoms with Crippen molar-refractivity contribution in [2.45, 2.75) is 51.8 Å². The van der Waals surface area contributed by atoms with Crippen LogP contribution in [-0.2, 0) is 0 Å². The van der Waals surface area contributed by atoms with E-state index >= 15 is 0 Å². The molecule has 1 heterocycles. The molecule has 130 valence electrons. The van der Waals surface area contributed by atoms with Crippen molar-refractivity contribution in [1.82, 2.24) is 5.32 Å². The first kappa shape index (κ1) is 17.9. The molecule has 0 radical (unpaired) electrons. The fourth-order valence-corrected chi connectivity index (χ4v) is 3.40. The predicted molar refractivity (Wildman–Crippen MR) is 96.1 cm³/mol. The Kier molecular flexibility index (Phi) is 6.13. The standard InChI is InChI=1S/C18H31N3O2/c1-12(2)18(13(3)22)20-15-7-9-21(10-8-15)16-6-5-14(19)11-17(16)23-4/h5-6,11-13,15,18,20,22H,7-10,19H2,1-4H3. The van der Waals surface area contributed by atoms with Crippen LogP contribution in [0, 0.1) is 5.92 Å². The molecule has 1 aliphatic heterocycles. The molecule has 2 unspecified atom stereocenters. The number of ether oxygens (including phenoxy) is 1. The van der Waals surface area contributed by atoms with Gasteiger partial charge in [0.25, 0.3) is 0 Å². The van der Waals surface area contributed by atoms with Gasteiger partial charge in [-0.1, -0.05) is 13.8 Å². The van der Waals surface area contributed by atoms with Crippen molar-refractivity contribution >= 4 is 11.4 Å². The molecule has 1 aliphatic rings. The molecule has 23 heavy (non-hydrogen) atoms. The summed E-state index contributed by atoms with van der Waals surface area (Å²) < 4.78 is 5.46. The topological polar surface area (TPSA) is 70.8 Å². The van der Waals surface area contributed by atoms with Gasteiger partial charge in [0.2, 0.25) is 0 Å². The molecule has 0 spiro atoms. The number of hydrogen-bond donors (Lipinski definition) is 3. The average molecular weight is 321 g/mol. The third-order valence-corrected chi connectivity index (χ3v) is 4.71. The number of nitrogen functional groups attached to an aromatic ring is 1. The number of nitrogens with two attached hydrogens (primary N) is 1. The third kappa shape index (κ3) is 4.52. The van der Waals surface area contributed by atoms with Gasteiger partial charge in [-0.2, -0.15) is 0 Å². The first-order valence-electron chi connectivity index (χ1n) is 8.55. The summed E-state index contributed by atoms with van der Waals surface area (Å²) in [7, 11) is 1.68. The molecule has 2 atom stereocenters. The number of nitrogens with zero attached hydrogens (tertiary/aromatic N) is 1. The van der Waals surface area contributed by atoms with Crippen molar-refractivity contribution in [3.05, 3.63) is 18.2 Å². The number of nitrogens with one attached hydrogen (secondary N) is 1. The fraction of sp³-hybridized carbons (Fsp3) is 0.667. The molecule has 2 rings (SSSR count). The maximum Gasteiger partial charge on any atom is 0.144 e. The molecule has 0 bridgehead atoms. The van der Waals surface area contributed by atoms with E-state index in [1.54, 1.807) is 7.11 Å². The first-order valence-corrected chi connectivity index (χ1v) is 8.55. The molecule has 1 aromatic carbocycles. The number of methoxy groups -OCH3 is 1. The Bertz CT molecular complexity index is 489. The minimum Gasteiger partial charge on any atom is -0.495 e. The summed E-state index contributed by atoms with van der Waals surface area (Å²) in [6.45, 7) is 8.12. The highest BCUT2D eigenvalue weighted by Gasteiger charge is 2.26. The van der Waals surface area contributed by atoms with Crippen molar-refractivity contribution in [2.75, 3.05) is 30.8 Å². The van der Waals surface area contributed by atoms with E-state index in [-0.39, 0.29) is 12.1 Å². The van der Waals surface area contributed by atoms with E-state index in [1.807, 2.05) is 25.1 Å². The van der Waals surface area contributed by atoms with Gasteiger partial charge >= 0.3 is 0 Å². The average Bonchev–Trinajstić information content (AvgIpc) is 2.52. The van der Waals surface area contributed by atoms with Crippen LogP contribution in [0.4, 0.5) is 11.4 Å². The second-order valence-corrected chi connectivity index (χ2v) is 6.87. The summed E-state index contributed by atoms with van der Waals surface area (Å²) in [5.74, 6) is 1.26. The Morgan fingerprint density at radius 3 is 2.43 bits per heavy atom. The molecule has 0 saturated carbocycles. The lowest BCUT2D eigenvalue weighted by atomic mass is 9.95. The van der Waals surface area contributed by atoms with Crippen LogP contribution in [0.5, 0.6) is 5.75 Å². The highest BCUT2D eigenvalue weighted by Crippen LogP contribution is 2.32.